The van der Waals surface area contributed by atoms with Gasteiger partial charge >= 0.3 is 0 Å². The summed E-state index contributed by atoms with van der Waals surface area (Å²) in [6.45, 7) is 0. The Labute approximate surface area is 150 Å². The van der Waals surface area contributed by atoms with Gasteiger partial charge in [-0.05, 0) is 11.6 Å². The molecule has 4 heteroatoms. The highest BCUT2D eigenvalue weighted by molar-refractivity contribution is 8.14. The van der Waals surface area contributed by atoms with Gasteiger partial charge in [0.15, 0.2) is 11.0 Å². The second kappa shape index (κ2) is 7.03. The third-order valence-electron chi connectivity index (χ3n) is 4.07. The molecule has 25 heavy (non-hydrogen) atoms. The average Bonchev–Trinajstić information content (AvgIpc) is 3.09. The van der Waals surface area contributed by atoms with Crippen molar-refractivity contribution in [1.29, 1.82) is 0 Å². The molecule has 0 fully saturated rings. The van der Waals surface area contributed by atoms with Gasteiger partial charge in [-0.1, -0.05) is 90.7 Å². The molecule has 0 N–H and O–H groups in total. The Morgan fingerprint density at radius 2 is 1.68 bits per heavy atom. The van der Waals surface area contributed by atoms with E-state index in [1.165, 1.54) is 11.8 Å². The first-order valence-electron chi connectivity index (χ1n) is 8.13. The highest BCUT2D eigenvalue weighted by Gasteiger charge is 2.28. The van der Waals surface area contributed by atoms with E-state index in [1.807, 2.05) is 85.0 Å². The number of aliphatic imine (C=N–C) groups is 2. The van der Waals surface area contributed by atoms with Crippen molar-refractivity contribution in [3.8, 4) is 0 Å². The highest BCUT2D eigenvalue weighted by atomic mass is 32.2. The van der Waals surface area contributed by atoms with E-state index in [-0.39, 0.29) is 17.1 Å². The minimum absolute atomic E-state index is 0.0178. The molecule has 122 valence electrons. The number of carbonyl (C=O) groups is 1. The van der Waals surface area contributed by atoms with Crippen LogP contribution < -0.4 is 0 Å². The maximum absolute atomic E-state index is 13.1. The third kappa shape index (κ3) is 3.39. The first-order chi connectivity index (χ1) is 12.3. The van der Waals surface area contributed by atoms with Crippen molar-refractivity contribution in [2.24, 2.45) is 9.98 Å². The Morgan fingerprint density at radius 3 is 2.40 bits per heavy atom. The normalized spacial score (nSPS) is 19.1. The number of rotatable bonds is 4. The lowest BCUT2D eigenvalue weighted by atomic mass is 10.0. The molecular formula is C21H16N2OS. The van der Waals surface area contributed by atoms with Crippen LogP contribution >= 0.6 is 11.8 Å². The molecule has 0 saturated heterocycles. The lowest BCUT2D eigenvalue weighted by Crippen LogP contribution is -2.11. The largest absolute Gasteiger partial charge is 0.293 e. The van der Waals surface area contributed by atoms with E-state index in [2.05, 4.69) is 9.98 Å². The number of benzene rings is 2. The van der Waals surface area contributed by atoms with Gasteiger partial charge in [0.2, 0.25) is 0 Å². The molecule has 0 amide bonds. The molecule has 0 spiro atoms. The van der Waals surface area contributed by atoms with Crippen LogP contribution in [0.15, 0.2) is 95.0 Å². The predicted molar refractivity (Wildman–Crippen MR) is 104 cm³/mol. The monoisotopic (exact) mass is 344 g/mol. The molecule has 1 aliphatic carbocycles. The van der Waals surface area contributed by atoms with Crippen LogP contribution in [-0.2, 0) is 0 Å². The van der Waals surface area contributed by atoms with Crippen LogP contribution in [0, 0.1) is 0 Å². The van der Waals surface area contributed by atoms with Gasteiger partial charge in [-0.15, -0.1) is 0 Å². The molecule has 2 aliphatic rings. The number of Topliss-reactive ketones (excluding diaryl/α,β-unsaturated/α-hetero) is 1. The van der Waals surface area contributed by atoms with E-state index >= 15 is 0 Å². The minimum Gasteiger partial charge on any atom is -0.293 e. The van der Waals surface area contributed by atoms with Crippen LogP contribution in [0.2, 0.25) is 0 Å². The third-order valence-corrected chi connectivity index (χ3v) is 5.20. The fourth-order valence-electron chi connectivity index (χ4n) is 2.81. The van der Waals surface area contributed by atoms with E-state index in [0.717, 1.165) is 11.3 Å². The molecule has 0 saturated carbocycles. The Balaban J connectivity index is 1.65. The lowest BCUT2D eigenvalue weighted by molar-refractivity contribution is 0.0990. The van der Waals surface area contributed by atoms with Gasteiger partial charge < -0.3 is 0 Å². The number of ketones is 1. The molecule has 0 aromatic heterocycles. The second-order valence-electron chi connectivity index (χ2n) is 5.78. The SMILES string of the molecule is O=C(c1ccccc1)C(SC1=NC2C=CC=CC2=N1)c1ccccc1. The number of hydrogen-bond donors (Lipinski definition) is 0. The van der Waals surface area contributed by atoms with Crippen LogP contribution in [0.1, 0.15) is 21.2 Å². The van der Waals surface area contributed by atoms with Crippen LogP contribution in [-0.4, -0.2) is 22.7 Å². The molecule has 3 nitrogen and oxygen atoms in total. The molecule has 4 rings (SSSR count). The summed E-state index contributed by atoms with van der Waals surface area (Å²) in [6, 6.07) is 19.2. The Bertz CT molecular complexity index is 898. The second-order valence-corrected chi connectivity index (χ2v) is 6.85. The summed E-state index contributed by atoms with van der Waals surface area (Å²) >= 11 is 1.42. The fourth-order valence-corrected chi connectivity index (χ4v) is 3.89. The summed E-state index contributed by atoms with van der Waals surface area (Å²) in [5.74, 6) is 0.0701. The highest BCUT2D eigenvalue weighted by Crippen LogP contribution is 2.35. The van der Waals surface area contributed by atoms with E-state index in [0.29, 0.717) is 10.7 Å². The predicted octanol–water partition coefficient (Wildman–Crippen LogP) is 4.65. The zero-order chi connectivity index (χ0) is 17.1. The van der Waals surface area contributed by atoms with Gasteiger partial charge in [-0.3, -0.25) is 4.79 Å². The summed E-state index contributed by atoms with van der Waals surface area (Å²) in [5, 5.41) is 0.300. The van der Waals surface area contributed by atoms with Crippen LogP contribution in [0.5, 0.6) is 0 Å². The summed E-state index contributed by atoms with van der Waals surface area (Å²) < 4.78 is 0. The van der Waals surface area contributed by atoms with Crippen molar-refractivity contribution in [3.05, 3.63) is 96.1 Å². The molecule has 1 aliphatic heterocycles. The minimum atomic E-state index is -0.361. The average molecular weight is 344 g/mol. The van der Waals surface area contributed by atoms with Crippen molar-refractivity contribution in [2.75, 3.05) is 0 Å². The summed E-state index contributed by atoms with van der Waals surface area (Å²) in [7, 11) is 0. The summed E-state index contributed by atoms with van der Waals surface area (Å²) in [6.07, 6.45) is 7.92. The van der Waals surface area contributed by atoms with Crippen molar-refractivity contribution in [2.45, 2.75) is 11.3 Å². The van der Waals surface area contributed by atoms with Crippen molar-refractivity contribution in [1.82, 2.24) is 0 Å². The molecule has 2 atom stereocenters. The molecular weight excluding hydrogens is 328 g/mol. The molecule has 2 aromatic rings. The zero-order valence-electron chi connectivity index (χ0n) is 13.4. The van der Waals surface area contributed by atoms with E-state index in [1.54, 1.807) is 0 Å². The number of hydrogen-bond acceptors (Lipinski definition) is 4. The standard InChI is InChI=1S/C21H16N2OS/c24-19(15-9-3-1-4-10-15)20(16-11-5-2-6-12-16)25-21-22-17-13-7-8-14-18(17)23-21/h1-14,17,20H. The number of allylic oxidation sites excluding steroid dienone is 2. The molecule has 1 heterocycles. The first kappa shape index (κ1) is 15.8. The number of fused-ring (bicyclic) bond motifs is 1. The van der Waals surface area contributed by atoms with Crippen LogP contribution in [0.3, 0.4) is 0 Å². The van der Waals surface area contributed by atoms with E-state index in [4.69, 9.17) is 0 Å². The molecule has 2 unspecified atom stereocenters. The van der Waals surface area contributed by atoms with E-state index in [9.17, 15) is 4.79 Å². The van der Waals surface area contributed by atoms with Gasteiger partial charge in [-0.25, -0.2) is 9.98 Å². The smallest absolute Gasteiger partial charge is 0.185 e. The number of amidine groups is 1. The van der Waals surface area contributed by atoms with Crippen LogP contribution in [0.25, 0.3) is 0 Å². The Kier molecular flexibility index (Phi) is 4.44. The zero-order valence-corrected chi connectivity index (χ0v) is 14.3. The molecule has 2 aromatic carbocycles. The topological polar surface area (TPSA) is 41.8 Å². The molecule has 0 radical (unpaired) electrons. The van der Waals surface area contributed by atoms with Gasteiger partial charge in [0, 0.05) is 5.56 Å². The van der Waals surface area contributed by atoms with Crippen molar-refractivity contribution < 1.29 is 4.79 Å². The van der Waals surface area contributed by atoms with Crippen LogP contribution in [0.4, 0.5) is 0 Å². The Hall–Kier alpha value is -2.72. The van der Waals surface area contributed by atoms with Gasteiger partial charge in [0.25, 0.3) is 0 Å². The fraction of sp³-hybridized carbons (Fsp3) is 0.0952. The quantitative estimate of drug-likeness (QED) is 0.758. The van der Waals surface area contributed by atoms with Gasteiger partial charge in [0.05, 0.1) is 5.71 Å². The number of carbonyl (C=O) groups excluding carboxylic acids is 1. The maximum Gasteiger partial charge on any atom is 0.185 e. The number of thioether (sulfide) groups is 1. The van der Waals surface area contributed by atoms with Crippen molar-refractivity contribution in [3.63, 3.8) is 0 Å². The molecule has 0 bridgehead atoms. The van der Waals surface area contributed by atoms with Gasteiger partial charge in [-0.2, -0.15) is 0 Å². The first-order valence-corrected chi connectivity index (χ1v) is 9.01. The lowest BCUT2D eigenvalue weighted by Gasteiger charge is -2.15. The maximum atomic E-state index is 13.1. The van der Waals surface area contributed by atoms with E-state index < -0.39 is 0 Å². The summed E-state index contributed by atoms with van der Waals surface area (Å²) in [4.78, 5) is 22.3. The van der Waals surface area contributed by atoms with Gasteiger partial charge in [0.1, 0.15) is 11.3 Å². The number of nitrogens with zero attached hydrogens (tertiary/aromatic N) is 2. The van der Waals surface area contributed by atoms with Crippen molar-refractivity contribution >= 4 is 28.4 Å². The Morgan fingerprint density at radius 1 is 0.960 bits per heavy atom. The summed E-state index contributed by atoms with van der Waals surface area (Å²) in [5.41, 5.74) is 2.60.